The first-order valence-corrected chi connectivity index (χ1v) is 10.5. The number of hydrogen-bond acceptors (Lipinski definition) is 6. The fourth-order valence-electron chi connectivity index (χ4n) is 3.77. The van der Waals surface area contributed by atoms with Gasteiger partial charge in [-0.3, -0.25) is 0 Å². The van der Waals surface area contributed by atoms with Crippen molar-refractivity contribution in [1.82, 2.24) is 9.97 Å². The van der Waals surface area contributed by atoms with Crippen molar-refractivity contribution in [1.29, 1.82) is 0 Å². The van der Waals surface area contributed by atoms with Gasteiger partial charge in [-0.25, -0.2) is 4.98 Å². The summed E-state index contributed by atoms with van der Waals surface area (Å²) in [6.07, 6.45) is 3.81. The lowest BCUT2D eigenvalue weighted by Gasteiger charge is -2.29. The van der Waals surface area contributed by atoms with Crippen LogP contribution in [0.25, 0.3) is 22.2 Å². The minimum absolute atomic E-state index is 0.757. The van der Waals surface area contributed by atoms with Gasteiger partial charge in [-0.2, -0.15) is 11.3 Å². The van der Waals surface area contributed by atoms with E-state index >= 15 is 0 Å². The molecule has 1 aliphatic heterocycles. The maximum absolute atomic E-state index is 5.62. The van der Waals surface area contributed by atoms with Crippen molar-refractivity contribution >= 4 is 39.4 Å². The number of H-pyrrole nitrogens is 1. The molecule has 4 aromatic rings. The third-order valence-corrected chi connectivity index (χ3v) is 5.92. The van der Waals surface area contributed by atoms with Gasteiger partial charge in [0, 0.05) is 31.2 Å². The first-order chi connectivity index (χ1) is 14.3. The van der Waals surface area contributed by atoms with Crippen molar-refractivity contribution in [3.05, 3.63) is 53.5 Å². The Bertz CT molecular complexity index is 1120. The molecule has 1 fully saturated rings. The molecule has 4 heterocycles. The van der Waals surface area contributed by atoms with E-state index in [1.807, 2.05) is 18.5 Å². The summed E-state index contributed by atoms with van der Waals surface area (Å²) in [5.74, 6) is 0.803. The van der Waals surface area contributed by atoms with Gasteiger partial charge in [-0.15, -0.1) is 0 Å². The molecule has 1 aliphatic rings. The summed E-state index contributed by atoms with van der Waals surface area (Å²) in [4.78, 5) is 10.1. The maximum atomic E-state index is 5.62. The lowest BCUT2D eigenvalue weighted by atomic mass is 10.1. The Morgan fingerprint density at radius 1 is 1.17 bits per heavy atom. The summed E-state index contributed by atoms with van der Waals surface area (Å²) in [5.41, 5.74) is 6.28. The number of fused-ring (bicyclic) bond motifs is 1. The molecular formula is C22H22N4O2S. The molecule has 6 nitrogen and oxygen atoms in total. The van der Waals surface area contributed by atoms with Crippen LogP contribution in [0, 0.1) is 0 Å². The number of hydrogen-bond donors (Lipinski definition) is 2. The zero-order valence-electron chi connectivity index (χ0n) is 16.1. The van der Waals surface area contributed by atoms with Gasteiger partial charge in [0.15, 0.2) is 0 Å². The van der Waals surface area contributed by atoms with Crippen LogP contribution < -0.4 is 15.0 Å². The van der Waals surface area contributed by atoms with E-state index in [1.165, 1.54) is 5.56 Å². The SMILES string of the molecule is COc1ccc(N2CCOCC2)cc1Nc1c[nH]c2nccc(-c3ccsc3)c12. The second kappa shape index (κ2) is 7.77. The number of methoxy groups -OCH3 is 1. The van der Waals surface area contributed by atoms with Crippen LogP contribution in [0.3, 0.4) is 0 Å². The standard InChI is InChI=1S/C22H22N4O2S/c1-27-20-3-2-16(26-7-9-28-10-8-26)12-18(20)25-19-13-24-22-21(19)17(4-6-23-22)15-5-11-29-14-15/h2-6,11-14,25H,7-10H2,1H3,(H,23,24). The molecule has 0 bridgehead atoms. The van der Waals surface area contributed by atoms with Crippen LogP contribution >= 0.6 is 11.3 Å². The zero-order valence-corrected chi connectivity index (χ0v) is 17.0. The number of nitrogens with one attached hydrogen (secondary N) is 2. The summed E-state index contributed by atoms with van der Waals surface area (Å²) in [6, 6.07) is 10.5. The third kappa shape index (κ3) is 3.43. The third-order valence-electron chi connectivity index (χ3n) is 5.23. The first-order valence-electron chi connectivity index (χ1n) is 9.60. The van der Waals surface area contributed by atoms with Crippen molar-refractivity contribution in [2.24, 2.45) is 0 Å². The smallest absolute Gasteiger partial charge is 0.142 e. The number of morpholine rings is 1. The molecule has 0 aliphatic carbocycles. The quantitative estimate of drug-likeness (QED) is 0.495. The Hall–Kier alpha value is -3.03. The van der Waals surface area contributed by atoms with E-state index in [9.17, 15) is 0 Å². The normalized spacial score (nSPS) is 14.3. The molecule has 0 radical (unpaired) electrons. The molecule has 2 N–H and O–H groups in total. The maximum Gasteiger partial charge on any atom is 0.142 e. The molecule has 5 rings (SSSR count). The summed E-state index contributed by atoms with van der Waals surface area (Å²) in [7, 11) is 1.70. The molecule has 0 atom stereocenters. The van der Waals surface area contributed by atoms with Crippen molar-refractivity contribution in [2.45, 2.75) is 0 Å². The predicted octanol–water partition coefficient (Wildman–Crippen LogP) is 4.88. The number of anilines is 3. The number of pyridine rings is 1. The molecular weight excluding hydrogens is 384 g/mol. The Labute approximate surface area is 173 Å². The highest BCUT2D eigenvalue weighted by Crippen LogP contribution is 2.38. The summed E-state index contributed by atoms with van der Waals surface area (Å²) < 4.78 is 11.1. The molecule has 3 aromatic heterocycles. The fraction of sp³-hybridized carbons (Fsp3) is 0.227. The van der Waals surface area contributed by atoms with Crippen molar-refractivity contribution in [3.63, 3.8) is 0 Å². The molecule has 1 saturated heterocycles. The second-order valence-electron chi connectivity index (χ2n) is 6.91. The van der Waals surface area contributed by atoms with E-state index in [-0.39, 0.29) is 0 Å². The van der Waals surface area contributed by atoms with Crippen LogP contribution in [0.1, 0.15) is 0 Å². The van der Waals surface area contributed by atoms with Gasteiger partial charge in [-0.05, 0) is 52.2 Å². The molecule has 148 valence electrons. The van der Waals surface area contributed by atoms with Gasteiger partial charge in [0.05, 0.1) is 37.1 Å². The van der Waals surface area contributed by atoms with Gasteiger partial charge in [0.25, 0.3) is 0 Å². The van der Waals surface area contributed by atoms with Crippen LogP contribution in [-0.4, -0.2) is 43.4 Å². The van der Waals surface area contributed by atoms with Crippen LogP contribution in [0.5, 0.6) is 5.75 Å². The Morgan fingerprint density at radius 3 is 2.86 bits per heavy atom. The number of benzene rings is 1. The second-order valence-corrected chi connectivity index (χ2v) is 7.69. The highest BCUT2D eigenvalue weighted by molar-refractivity contribution is 7.08. The van der Waals surface area contributed by atoms with Crippen molar-refractivity contribution in [3.8, 4) is 16.9 Å². The number of rotatable bonds is 5. The molecule has 29 heavy (non-hydrogen) atoms. The Kier molecular flexibility index (Phi) is 4.83. The minimum atomic E-state index is 0.757. The highest BCUT2D eigenvalue weighted by Gasteiger charge is 2.16. The lowest BCUT2D eigenvalue weighted by Crippen LogP contribution is -2.36. The Morgan fingerprint density at radius 2 is 2.07 bits per heavy atom. The minimum Gasteiger partial charge on any atom is -0.495 e. The molecule has 0 unspecified atom stereocenters. The van der Waals surface area contributed by atoms with Crippen LogP contribution in [0.2, 0.25) is 0 Å². The number of nitrogens with zero attached hydrogens (tertiary/aromatic N) is 2. The number of ether oxygens (including phenoxy) is 2. The number of aromatic amines is 1. The largest absolute Gasteiger partial charge is 0.495 e. The fourth-order valence-corrected chi connectivity index (χ4v) is 4.43. The van der Waals surface area contributed by atoms with Crippen molar-refractivity contribution < 1.29 is 9.47 Å². The molecule has 0 spiro atoms. The van der Waals surface area contributed by atoms with E-state index in [2.05, 4.69) is 55.2 Å². The molecule has 0 saturated carbocycles. The number of aromatic nitrogens is 2. The van der Waals surface area contributed by atoms with Gasteiger partial charge < -0.3 is 24.7 Å². The van der Waals surface area contributed by atoms with Gasteiger partial charge in [0.1, 0.15) is 11.4 Å². The van der Waals surface area contributed by atoms with Crippen LogP contribution in [0.15, 0.2) is 53.5 Å². The monoisotopic (exact) mass is 406 g/mol. The van der Waals surface area contributed by atoms with Crippen molar-refractivity contribution in [2.75, 3.05) is 43.6 Å². The predicted molar refractivity (Wildman–Crippen MR) is 119 cm³/mol. The summed E-state index contributed by atoms with van der Waals surface area (Å²) in [6.45, 7) is 3.30. The van der Waals surface area contributed by atoms with E-state index in [0.29, 0.717) is 0 Å². The molecule has 1 aromatic carbocycles. The summed E-state index contributed by atoms with van der Waals surface area (Å²) in [5, 5.41) is 8.90. The number of thiophene rings is 1. The highest BCUT2D eigenvalue weighted by atomic mass is 32.1. The average Bonchev–Trinajstić information content (AvgIpc) is 3.45. The topological polar surface area (TPSA) is 62.4 Å². The van der Waals surface area contributed by atoms with E-state index in [0.717, 1.165) is 65.7 Å². The van der Waals surface area contributed by atoms with Gasteiger partial charge >= 0.3 is 0 Å². The van der Waals surface area contributed by atoms with Crippen LogP contribution in [-0.2, 0) is 4.74 Å². The van der Waals surface area contributed by atoms with E-state index in [4.69, 9.17) is 9.47 Å². The molecule has 7 heteroatoms. The first kappa shape index (κ1) is 18.0. The Balaban J connectivity index is 1.55. The summed E-state index contributed by atoms with van der Waals surface area (Å²) >= 11 is 1.69. The van der Waals surface area contributed by atoms with E-state index in [1.54, 1.807) is 18.4 Å². The lowest BCUT2D eigenvalue weighted by molar-refractivity contribution is 0.122. The van der Waals surface area contributed by atoms with Crippen LogP contribution in [0.4, 0.5) is 17.1 Å². The van der Waals surface area contributed by atoms with Gasteiger partial charge in [-0.1, -0.05) is 0 Å². The molecule has 0 amide bonds. The van der Waals surface area contributed by atoms with Gasteiger partial charge in [0.2, 0.25) is 0 Å². The average molecular weight is 407 g/mol. The van der Waals surface area contributed by atoms with E-state index < -0.39 is 0 Å². The zero-order chi connectivity index (χ0) is 19.6.